The zero-order valence-electron chi connectivity index (χ0n) is 11.6. The number of nitrogens with one attached hydrogen (secondary N) is 1. The molecule has 1 atom stereocenters. The predicted molar refractivity (Wildman–Crippen MR) is 71.3 cm³/mol. The second-order valence-electron chi connectivity index (χ2n) is 4.54. The van der Waals surface area contributed by atoms with E-state index in [0.717, 1.165) is 5.76 Å². The van der Waals surface area contributed by atoms with Crippen LogP contribution in [0.3, 0.4) is 0 Å². The highest BCUT2D eigenvalue weighted by molar-refractivity contribution is 5.94. The van der Waals surface area contributed by atoms with E-state index < -0.39 is 12.0 Å². The van der Waals surface area contributed by atoms with Crippen LogP contribution in [0, 0.1) is 12.8 Å². The molecule has 19 heavy (non-hydrogen) atoms. The van der Waals surface area contributed by atoms with Gasteiger partial charge in [0, 0.05) is 6.08 Å². The fourth-order valence-corrected chi connectivity index (χ4v) is 1.53. The van der Waals surface area contributed by atoms with Gasteiger partial charge in [0.2, 0.25) is 5.91 Å². The van der Waals surface area contributed by atoms with Crippen LogP contribution < -0.4 is 5.32 Å². The molecule has 1 rings (SSSR count). The molecular formula is C14H19NO4. The number of aryl methyl sites for hydroxylation is 1. The zero-order valence-corrected chi connectivity index (χ0v) is 11.6. The summed E-state index contributed by atoms with van der Waals surface area (Å²) in [5.74, 6) is 0.501. The SMILES string of the molecule is COC(=O)C(NC(=O)/C=C/c1ccc(C)o1)C(C)C. The largest absolute Gasteiger partial charge is 0.467 e. The first-order chi connectivity index (χ1) is 8.93. The molecule has 1 unspecified atom stereocenters. The molecule has 1 amide bonds. The number of hydrogen-bond donors (Lipinski definition) is 1. The molecule has 1 heterocycles. The first-order valence-electron chi connectivity index (χ1n) is 6.07. The van der Waals surface area contributed by atoms with Crippen molar-refractivity contribution in [3.05, 3.63) is 29.7 Å². The topological polar surface area (TPSA) is 68.5 Å². The standard InChI is InChI=1S/C14H19NO4/c1-9(2)13(14(17)18-4)15-12(16)8-7-11-6-5-10(3)19-11/h5-9,13H,1-4H3,(H,15,16)/b8-7+. The zero-order chi connectivity index (χ0) is 14.4. The maximum atomic E-state index is 11.7. The summed E-state index contributed by atoms with van der Waals surface area (Å²) in [5, 5.41) is 2.60. The van der Waals surface area contributed by atoms with E-state index in [4.69, 9.17) is 4.42 Å². The van der Waals surface area contributed by atoms with Gasteiger partial charge < -0.3 is 14.5 Å². The molecule has 0 bridgehead atoms. The van der Waals surface area contributed by atoms with Gasteiger partial charge in [-0.25, -0.2) is 4.79 Å². The molecule has 0 spiro atoms. The predicted octanol–water partition coefficient (Wildman–Crippen LogP) is 1.92. The highest BCUT2D eigenvalue weighted by Crippen LogP contribution is 2.08. The van der Waals surface area contributed by atoms with E-state index in [1.54, 1.807) is 12.1 Å². The van der Waals surface area contributed by atoms with Crippen LogP contribution in [0.4, 0.5) is 0 Å². The minimum Gasteiger partial charge on any atom is -0.467 e. The molecule has 0 aliphatic rings. The number of ether oxygens (including phenoxy) is 1. The Balaban J connectivity index is 2.62. The third-order valence-electron chi connectivity index (χ3n) is 2.58. The normalized spacial score (nSPS) is 12.7. The molecule has 0 saturated carbocycles. The van der Waals surface area contributed by atoms with E-state index in [0.29, 0.717) is 5.76 Å². The van der Waals surface area contributed by atoms with Crippen molar-refractivity contribution < 1.29 is 18.7 Å². The summed E-state index contributed by atoms with van der Waals surface area (Å²) in [4.78, 5) is 23.2. The maximum Gasteiger partial charge on any atom is 0.328 e. The summed E-state index contributed by atoms with van der Waals surface area (Å²) in [5.41, 5.74) is 0. The van der Waals surface area contributed by atoms with Crippen LogP contribution in [0.2, 0.25) is 0 Å². The molecule has 5 nitrogen and oxygen atoms in total. The molecule has 0 aliphatic heterocycles. The van der Waals surface area contributed by atoms with Crippen molar-refractivity contribution in [2.75, 3.05) is 7.11 Å². The average molecular weight is 265 g/mol. The average Bonchev–Trinajstić information content (AvgIpc) is 2.78. The van der Waals surface area contributed by atoms with E-state index in [1.807, 2.05) is 26.8 Å². The first kappa shape index (κ1) is 15.0. The lowest BCUT2D eigenvalue weighted by Gasteiger charge is -2.18. The Hall–Kier alpha value is -2.04. The van der Waals surface area contributed by atoms with Crippen molar-refractivity contribution in [2.24, 2.45) is 5.92 Å². The summed E-state index contributed by atoms with van der Waals surface area (Å²) < 4.78 is 9.94. The van der Waals surface area contributed by atoms with Crippen LogP contribution in [0.1, 0.15) is 25.4 Å². The van der Waals surface area contributed by atoms with Gasteiger partial charge >= 0.3 is 5.97 Å². The Morgan fingerprint density at radius 1 is 1.37 bits per heavy atom. The Bertz CT molecular complexity index is 474. The Labute approximate surface area is 112 Å². The van der Waals surface area contributed by atoms with Crippen molar-refractivity contribution in [1.82, 2.24) is 5.32 Å². The van der Waals surface area contributed by atoms with Gasteiger partial charge in [-0.15, -0.1) is 0 Å². The lowest BCUT2D eigenvalue weighted by Crippen LogP contribution is -2.44. The number of esters is 1. The number of carbonyl (C=O) groups excluding carboxylic acids is 2. The summed E-state index contributed by atoms with van der Waals surface area (Å²) in [6.45, 7) is 5.49. The lowest BCUT2D eigenvalue weighted by atomic mass is 10.0. The van der Waals surface area contributed by atoms with Gasteiger partial charge in [0.25, 0.3) is 0 Å². The summed E-state index contributed by atoms with van der Waals surface area (Å²) >= 11 is 0. The maximum absolute atomic E-state index is 11.7. The number of carbonyl (C=O) groups is 2. The second kappa shape index (κ2) is 6.78. The van der Waals surface area contributed by atoms with E-state index in [-0.39, 0.29) is 11.8 Å². The molecule has 0 fully saturated rings. The van der Waals surface area contributed by atoms with Crippen molar-refractivity contribution in [1.29, 1.82) is 0 Å². The monoisotopic (exact) mass is 265 g/mol. The fraction of sp³-hybridized carbons (Fsp3) is 0.429. The lowest BCUT2D eigenvalue weighted by molar-refractivity contribution is -0.145. The smallest absolute Gasteiger partial charge is 0.328 e. The third-order valence-corrected chi connectivity index (χ3v) is 2.58. The van der Waals surface area contributed by atoms with Crippen LogP contribution in [0.15, 0.2) is 22.6 Å². The molecular weight excluding hydrogens is 246 g/mol. The molecule has 0 aliphatic carbocycles. The van der Waals surface area contributed by atoms with Gasteiger partial charge in [0.15, 0.2) is 0 Å². The van der Waals surface area contributed by atoms with Gasteiger partial charge in [-0.05, 0) is 31.1 Å². The Kier molecular flexibility index (Phi) is 5.36. The molecule has 0 radical (unpaired) electrons. The number of amides is 1. The molecule has 1 aromatic heterocycles. The number of rotatable bonds is 5. The minimum atomic E-state index is -0.652. The Morgan fingerprint density at radius 3 is 2.53 bits per heavy atom. The minimum absolute atomic E-state index is 0.0457. The van der Waals surface area contributed by atoms with Crippen molar-refractivity contribution >= 4 is 18.0 Å². The molecule has 1 aromatic rings. The van der Waals surface area contributed by atoms with Gasteiger partial charge in [-0.1, -0.05) is 13.8 Å². The molecule has 0 aromatic carbocycles. The third kappa shape index (κ3) is 4.62. The van der Waals surface area contributed by atoms with Crippen molar-refractivity contribution in [3.8, 4) is 0 Å². The summed E-state index contributed by atoms with van der Waals surface area (Å²) in [7, 11) is 1.30. The summed E-state index contributed by atoms with van der Waals surface area (Å²) in [6, 6.07) is 2.92. The van der Waals surface area contributed by atoms with Gasteiger partial charge in [-0.3, -0.25) is 4.79 Å². The number of furan rings is 1. The molecule has 0 saturated heterocycles. The second-order valence-corrected chi connectivity index (χ2v) is 4.54. The van der Waals surface area contributed by atoms with Crippen LogP contribution in [-0.2, 0) is 14.3 Å². The molecule has 104 valence electrons. The quantitative estimate of drug-likeness (QED) is 0.652. The van der Waals surface area contributed by atoms with Crippen LogP contribution >= 0.6 is 0 Å². The summed E-state index contributed by atoms with van der Waals surface area (Å²) in [6.07, 6.45) is 2.88. The van der Waals surface area contributed by atoms with Gasteiger partial charge in [0.1, 0.15) is 17.6 Å². The highest BCUT2D eigenvalue weighted by Gasteiger charge is 2.23. The fourth-order valence-electron chi connectivity index (χ4n) is 1.53. The highest BCUT2D eigenvalue weighted by atomic mass is 16.5. The van der Waals surface area contributed by atoms with E-state index in [9.17, 15) is 9.59 Å². The van der Waals surface area contributed by atoms with Crippen LogP contribution in [0.5, 0.6) is 0 Å². The molecule has 5 heteroatoms. The first-order valence-corrected chi connectivity index (χ1v) is 6.07. The van der Waals surface area contributed by atoms with Gasteiger partial charge in [-0.2, -0.15) is 0 Å². The number of methoxy groups -OCH3 is 1. The van der Waals surface area contributed by atoms with Gasteiger partial charge in [0.05, 0.1) is 7.11 Å². The van der Waals surface area contributed by atoms with Crippen molar-refractivity contribution in [2.45, 2.75) is 26.8 Å². The Morgan fingerprint density at radius 2 is 2.05 bits per heavy atom. The van der Waals surface area contributed by atoms with E-state index >= 15 is 0 Å². The molecule has 1 N–H and O–H groups in total. The van der Waals surface area contributed by atoms with Crippen LogP contribution in [0.25, 0.3) is 6.08 Å². The van der Waals surface area contributed by atoms with Crippen LogP contribution in [-0.4, -0.2) is 25.0 Å². The number of hydrogen-bond acceptors (Lipinski definition) is 4. The van der Waals surface area contributed by atoms with E-state index in [2.05, 4.69) is 10.1 Å². The van der Waals surface area contributed by atoms with Crippen molar-refractivity contribution in [3.63, 3.8) is 0 Å². The van der Waals surface area contributed by atoms with E-state index in [1.165, 1.54) is 13.2 Å².